The molecule has 10 heteroatoms. The van der Waals surface area contributed by atoms with Crippen LogP contribution >= 0.6 is 11.6 Å². The number of rotatable bonds is 4. The molecule has 0 aliphatic carbocycles. The van der Waals surface area contributed by atoms with E-state index in [0.29, 0.717) is 40.2 Å². The predicted octanol–water partition coefficient (Wildman–Crippen LogP) is 6.63. The van der Waals surface area contributed by atoms with Crippen LogP contribution in [0.25, 0.3) is 39.5 Å². The maximum Gasteiger partial charge on any atom is 0.417 e. The van der Waals surface area contributed by atoms with Crippen molar-refractivity contribution >= 4 is 28.6 Å². The molecule has 2 N–H and O–H groups in total. The van der Waals surface area contributed by atoms with E-state index in [2.05, 4.69) is 15.0 Å². The Bertz CT molecular complexity index is 1540. The number of nitrogens with zero attached hydrogens (tertiary/aromatic N) is 4. The summed E-state index contributed by atoms with van der Waals surface area (Å²) in [7, 11) is 0. The molecule has 0 fully saturated rings. The first-order valence-corrected chi connectivity index (χ1v) is 10.9. The maximum atomic E-state index is 13.7. The second-order valence-corrected chi connectivity index (χ2v) is 8.00. The van der Waals surface area contributed by atoms with Crippen molar-refractivity contribution in [1.29, 1.82) is 0 Å². The molecule has 0 aliphatic heterocycles. The molecule has 0 radical (unpaired) electrons. The Morgan fingerprint density at radius 1 is 0.914 bits per heavy atom. The van der Waals surface area contributed by atoms with E-state index in [1.165, 1.54) is 6.07 Å². The van der Waals surface area contributed by atoms with Gasteiger partial charge in [0.25, 0.3) is 0 Å². The lowest BCUT2D eigenvalue weighted by Crippen LogP contribution is -2.08. The van der Waals surface area contributed by atoms with Gasteiger partial charge in [-0.1, -0.05) is 12.1 Å². The van der Waals surface area contributed by atoms with Crippen molar-refractivity contribution in [2.75, 3.05) is 5.73 Å². The molecule has 5 aromatic rings. The van der Waals surface area contributed by atoms with Crippen LogP contribution in [0.2, 0.25) is 0 Å². The SMILES string of the molecule is Nc1ncccc1-c1nc2ccc(-c3ccc(F)cc3C(F)(F)F)nc2n1-c1ccc(CCl)cc1. The number of hydrogen-bond acceptors (Lipinski definition) is 4. The molecule has 0 unspecified atom stereocenters. The maximum absolute atomic E-state index is 13.7. The minimum absolute atomic E-state index is 0.0223. The molecule has 0 aliphatic rings. The third-order valence-electron chi connectivity index (χ3n) is 5.50. The van der Waals surface area contributed by atoms with Gasteiger partial charge in [0.1, 0.15) is 17.2 Å². The molecule has 2 aromatic carbocycles. The molecule has 3 aromatic heterocycles. The van der Waals surface area contributed by atoms with Crippen molar-refractivity contribution in [2.24, 2.45) is 0 Å². The fraction of sp³-hybridized carbons (Fsp3) is 0.0800. The van der Waals surface area contributed by atoms with Gasteiger partial charge < -0.3 is 5.73 Å². The van der Waals surface area contributed by atoms with Gasteiger partial charge in [0.05, 0.1) is 16.8 Å². The van der Waals surface area contributed by atoms with E-state index in [4.69, 9.17) is 17.3 Å². The molecule has 35 heavy (non-hydrogen) atoms. The van der Waals surface area contributed by atoms with Gasteiger partial charge in [-0.2, -0.15) is 13.2 Å². The summed E-state index contributed by atoms with van der Waals surface area (Å²) in [5.74, 6) is -0.00919. The molecular weight excluding hydrogens is 482 g/mol. The fourth-order valence-electron chi connectivity index (χ4n) is 3.85. The van der Waals surface area contributed by atoms with Crippen LogP contribution in [0.4, 0.5) is 23.4 Å². The van der Waals surface area contributed by atoms with Crippen LogP contribution in [0.1, 0.15) is 11.1 Å². The van der Waals surface area contributed by atoms with Crippen molar-refractivity contribution in [2.45, 2.75) is 12.1 Å². The number of imidazole rings is 1. The third-order valence-corrected chi connectivity index (χ3v) is 5.80. The number of anilines is 1. The highest BCUT2D eigenvalue weighted by Crippen LogP contribution is 2.38. The summed E-state index contributed by atoms with van der Waals surface area (Å²) in [5.41, 5.74) is 7.58. The Morgan fingerprint density at radius 2 is 1.69 bits per heavy atom. The number of nitrogen functional groups attached to an aromatic ring is 1. The van der Waals surface area contributed by atoms with Gasteiger partial charge >= 0.3 is 6.18 Å². The molecular formula is C25H16ClF4N5. The van der Waals surface area contributed by atoms with Crippen molar-refractivity contribution < 1.29 is 17.6 Å². The molecule has 5 nitrogen and oxygen atoms in total. The molecule has 0 saturated heterocycles. The molecule has 0 amide bonds. The lowest BCUT2D eigenvalue weighted by atomic mass is 10.0. The van der Waals surface area contributed by atoms with Crippen LogP contribution in [0.15, 0.2) is 72.9 Å². The summed E-state index contributed by atoms with van der Waals surface area (Å²) in [6.45, 7) is 0. The van der Waals surface area contributed by atoms with E-state index in [9.17, 15) is 17.6 Å². The fourth-order valence-corrected chi connectivity index (χ4v) is 4.03. The van der Waals surface area contributed by atoms with Crippen molar-refractivity contribution in [3.63, 3.8) is 0 Å². The average Bonchev–Trinajstić information content (AvgIpc) is 3.22. The molecule has 3 heterocycles. The van der Waals surface area contributed by atoms with Crippen molar-refractivity contribution in [1.82, 2.24) is 19.5 Å². The predicted molar refractivity (Wildman–Crippen MR) is 126 cm³/mol. The van der Waals surface area contributed by atoms with E-state index in [1.54, 1.807) is 29.0 Å². The Balaban J connectivity index is 1.79. The minimum Gasteiger partial charge on any atom is -0.383 e. The van der Waals surface area contributed by atoms with Crippen LogP contribution in [0, 0.1) is 5.82 Å². The highest BCUT2D eigenvalue weighted by Gasteiger charge is 2.34. The number of nitrogens with two attached hydrogens (primary N) is 1. The molecule has 5 rings (SSSR count). The van der Waals surface area contributed by atoms with E-state index in [1.807, 2.05) is 24.3 Å². The largest absolute Gasteiger partial charge is 0.417 e. The summed E-state index contributed by atoms with van der Waals surface area (Å²) >= 11 is 5.92. The average molecular weight is 498 g/mol. The molecule has 0 atom stereocenters. The number of pyridine rings is 2. The zero-order valence-corrected chi connectivity index (χ0v) is 18.6. The first-order valence-electron chi connectivity index (χ1n) is 10.4. The molecule has 176 valence electrons. The van der Waals surface area contributed by atoms with Crippen LogP contribution in [-0.4, -0.2) is 19.5 Å². The number of hydrogen-bond donors (Lipinski definition) is 1. The number of aromatic nitrogens is 4. The number of halogens is 5. The van der Waals surface area contributed by atoms with E-state index >= 15 is 0 Å². The van der Waals surface area contributed by atoms with Crippen molar-refractivity contribution in [3.8, 4) is 28.3 Å². The summed E-state index contributed by atoms with van der Waals surface area (Å²) in [6.07, 6.45) is -3.22. The quantitative estimate of drug-likeness (QED) is 0.223. The Labute approximate surface area is 201 Å². The van der Waals surface area contributed by atoms with E-state index in [-0.39, 0.29) is 17.1 Å². The van der Waals surface area contributed by atoms with Gasteiger partial charge in [0.15, 0.2) is 11.5 Å². The highest BCUT2D eigenvalue weighted by molar-refractivity contribution is 6.17. The smallest absolute Gasteiger partial charge is 0.383 e. The first kappa shape index (κ1) is 22.8. The highest BCUT2D eigenvalue weighted by atomic mass is 35.5. The van der Waals surface area contributed by atoms with Gasteiger partial charge in [0, 0.05) is 23.3 Å². The van der Waals surface area contributed by atoms with Crippen LogP contribution < -0.4 is 5.73 Å². The number of benzene rings is 2. The second-order valence-electron chi connectivity index (χ2n) is 7.73. The summed E-state index contributed by atoms with van der Waals surface area (Å²) in [4.78, 5) is 13.3. The summed E-state index contributed by atoms with van der Waals surface area (Å²) < 4.78 is 56.4. The number of fused-ring (bicyclic) bond motifs is 1. The van der Waals surface area contributed by atoms with Crippen molar-refractivity contribution in [3.05, 3.63) is 89.9 Å². The number of alkyl halides is 4. The van der Waals surface area contributed by atoms with Gasteiger partial charge in [-0.3, -0.25) is 4.57 Å². The standard InChI is InChI=1S/C25H16ClF4N5/c26-13-14-3-6-16(7-4-14)35-23(18-2-1-11-32-22(18)31)34-21-10-9-20(33-24(21)35)17-8-5-15(27)12-19(17)25(28,29)30/h1-12H,13H2,(H2,31,32). The van der Waals surface area contributed by atoms with Crippen LogP contribution in [-0.2, 0) is 12.1 Å². The second kappa shape index (κ2) is 8.66. The first-order chi connectivity index (χ1) is 16.8. The van der Waals surface area contributed by atoms with Crippen LogP contribution in [0.5, 0.6) is 0 Å². The third kappa shape index (κ3) is 4.19. The summed E-state index contributed by atoms with van der Waals surface area (Å²) in [6, 6.07) is 16.2. The van der Waals surface area contributed by atoms with Gasteiger partial charge in [-0.25, -0.2) is 19.3 Å². The zero-order valence-electron chi connectivity index (χ0n) is 17.9. The minimum atomic E-state index is -4.76. The van der Waals surface area contributed by atoms with Gasteiger partial charge in [-0.05, 0) is 60.2 Å². The van der Waals surface area contributed by atoms with E-state index < -0.39 is 17.6 Å². The normalized spacial score (nSPS) is 11.8. The summed E-state index contributed by atoms with van der Waals surface area (Å²) in [5, 5.41) is 0. The Kier molecular flexibility index (Phi) is 5.64. The van der Waals surface area contributed by atoms with E-state index in [0.717, 1.165) is 17.7 Å². The van der Waals surface area contributed by atoms with Crippen LogP contribution in [0.3, 0.4) is 0 Å². The van der Waals surface area contributed by atoms with Gasteiger partial charge in [-0.15, -0.1) is 11.6 Å². The lowest BCUT2D eigenvalue weighted by molar-refractivity contribution is -0.137. The molecule has 0 saturated carbocycles. The topological polar surface area (TPSA) is 69.6 Å². The lowest BCUT2D eigenvalue weighted by Gasteiger charge is -2.13. The molecule has 0 spiro atoms. The molecule has 0 bridgehead atoms. The Morgan fingerprint density at radius 3 is 2.37 bits per heavy atom. The zero-order chi connectivity index (χ0) is 24.7. The van der Waals surface area contributed by atoms with Gasteiger partial charge in [0.2, 0.25) is 0 Å². The Hall–Kier alpha value is -3.98. The monoisotopic (exact) mass is 497 g/mol.